The molecule has 0 fully saturated rings. The van der Waals surface area contributed by atoms with Crippen molar-refractivity contribution in [2.24, 2.45) is 5.41 Å². The molecule has 0 aromatic carbocycles. The molecule has 0 N–H and O–H groups in total. The molecule has 0 spiro atoms. The van der Waals surface area contributed by atoms with E-state index in [9.17, 15) is 0 Å². The van der Waals surface area contributed by atoms with Gasteiger partial charge in [0.1, 0.15) is 6.61 Å². The van der Waals surface area contributed by atoms with Gasteiger partial charge in [-0.1, -0.05) is 13.8 Å². The van der Waals surface area contributed by atoms with Crippen LogP contribution < -0.4 is 0 Å². The van der Waals surface area contributed by atoms with Crippen LogP contribution in [0.3, 0.4) is 0 Å². The summed E-state index contributed by atoms with van der Waals surface area (Å²) in [5.74, 6) is 0. The Labute approximate surface area is 74.1 Å². The molecule has 0 aromatic heterocycles. The topological polar surface area (TPSA) is 9.23 Å². The standard InChI is InChI=1S/C11H15O/c1-11(2)6-3-4-9-5-7-12-8-10(9)11/h4-5,7H,3,6,8H2,1-2H3. The molecule has 2 aliphatic rings. The van der Waals surface area contributed by atoms with E-state index in [1.807, 2.05) is 0 Å². The van der Waals surface area contributed by atoms with Gasteiger partial charge in [-0.05, 0) is 41.9 Å². The molecule has 1 heteroatoms. The first-order valence-corrected chi connectivity index (χ1v) is 4.55. The van der Waals surface area contributed by atoms with Gasteiger partial charge in [0.15, 0.2) is 0 Å². The maximum atomic E-state index is 5.32. The van der Waals surface area contributed by atoms with Crippen LogP contribution in [-0.4, -0.2) is 6.61 Å². The molecule has 2 rings (SSSR count). The second-order valence-corrected chi connectivity index (χ2v) is 4.17. The molecule has 0 saturated heterocycles. The van der Waals surface area contributed by atoms with E-state index in [2.05, 4.69) is 26.3 Å². The Kier molecular flexibility index (Phi) is 1.75. The van der Waals surface area contributed by atoms with Gasteiger partial charge in [0.25, 0.3) is 0 Å². The summed E-state index contributed by atoms with van der Waals surface area (Å²) in [5, 5.41) is 0. The zero-order valence-corrected chi connectivity index (χ0v) is 7.76. The van der Waals surface area contributed by atoms with Crippen molar-refractivity contribution in [1.82, 2.24) is 0 Å². The highest BCUT2D eigenvalue weighted by Crippen LogP contribution is 2.41. The molecule has 1 radical (unpaired) electrons. The number of hydrogen-bond acceptors (Lipinski definition) is 1. The Morgan fingerprint density at radius 2 is 2.25 bits per heavy atom. The molecule has 65 valence electrons. The van der Waals surface area contributed by atoms with Crippen LogP contribution in [0.4, 0.5) is 0 Å². The minimum atomic E-state index is 0.342. The lowest BCUT2D eigenvalue weighted by atomic mass is 9.72. The number of hydrogen-bond donors (Lipinski definition) is 0. The third-order valence-electron chi connectivity index (χ3n) is 2.87. The van der Waals surface area contributed by atoms with Gasteiger partial charge in [-0.15, -0.1) is 0 Å². The molecule has 0 saturated carbocycles. The van der Waals surface area contributed by atoms with Crippen LogP contribution in [0.1, 0.15) is 26.7 Å². The summed E-state index contributed by atoms with van der Waals surface area (Å²) >= 11 is 0. The van der Waals surface area contributed by atoms with Crippen molar-refractivity contribution in [2.75, 3.05) is 6.61 Å². The highest BCUT2D eigenvalue weighted by molar-refractivity contribution is 5.39. The molecular formula is C11H15O. The molecule has 0 unspecified atom stereocenters. The van der Waals surface area contributed by atoms with Crippen molar-refractivity contribution in [2.45, 2.75) is 26.7 Å². The Hall–Kier alpha value is -0.720. The van der Waals surface area contributed by atoms with Gasteiger partial charge in [-0.2, -0.15) is 0 Å². The van der Waals surface area contributed by atoms with Gasteiger partial charge in [0, 0.05) is 0 Å². The maximum Gasteiger partial charge on any atom is 0.110 e. The third-order valence-corrected chi connectivity index (χ3v) is 2.87. The Morgan fingerprint density at radius 3 is 3.00 bits per heavy atom. The van der Waals surface area contributed by atoms with E-state index in [4.69, 9.17) is 4.74 Å². The summed E-state index contributed by atoms with van der Waals surface area (Å²) < 4.78 is 5.32. The van der Waals surface area contributed by atoms with Gasteiger partial charge in [0.2, 0.25) is 0 Å². The summed E-state index contributed by atoms with van der Waals surface area (Å²) in [6.07, 6.45) is 8.66. The zero-order valence-electron chi connectivity index (χ0n) is 7.76. The van der Waals surface area contributed by atoms with Crippen LogP contribution in [0, 0.1) is 11.8 Å². The van der Waals surface area contributed by atoms with Crippen LogP contribution >= 0.6 is 0 Å². The van der Waals surface area contributed by atoms with Crippen LogP contribution in [0.25, 0.3) is 0 Å². The monoisotopic (exact) mass is 163 g/mol. The largest absolute Gasteiger partial charge is 0.497 e. The van der Waals surface area contributed by atoms with E-state index >= 15 is 0 Å². The van der Waals surface area contributed by atoms with E-state index in [1.165, 1.54) is 24.0 Å². The molecule has 0 aromatic rings. The Bertz CT molecular complexity index is 246. The van der Waals surface area contributed by atoms with E-state index in [0.717, 1.165) is 6.61 Å². The second kappa shape index (κ2) is 2.65. The van der Waals surface area contributed by atoms with E-state index in [0.29, 0.717) is 5.41 Å². The van der Waals surface area contributed by atoms with E-state index in [-0.39, 0.29) is 0 Å². The first-order chi connectivity index (χ1) is 5.70. The number of rotatable bonds is 0. The van der Waals surface area contributed by atoms with Crippen LogP contribution in [0.15, 0.2) is 23.5 Å². The minimum Gasteiger partial charge on any atom is -0.497 e. The SMILES string of the molecule is CC1(C)CC[CH]C2=C1COC=C2. The minimum absolute atomic E-state index is 0.342. The summed E-state index contributed by atoms with van der Waals surface area (Å²) in [6.45, 7) is 5.39. The van der Waals surface area contributed by atoms with Crippen LogP contribution in [-0.2, 0) is 4.74 Å². The average Bonchev–Trinajstić information content (AvgIpc) is 2.04. The molecular weight excluding hydrogens is 148 g/mol. The van der Waals surface area contributed by atoms with Crippen molar-refractivity contribution < 1.29 is 4.74 Å². The Morgan fingerprint density at radius 1 is 1.42 bits per heavy atom. The quantitative estimate of drug-likeness (QED) is 0.533. The van der Waals surface area contributed by atoms with E-state index in [1.54, 1.807) is 6.26 Å². The normalized spacial score (nSPS) is 26.5. The van der Waals surface area contributed by atoms with Gasteiger partial charge >= 0.3 is 0 Å². The fourth-order valence-corrected chi connectivity index (χ4v) is 1.95. The van der Waals surface area contributed by atoms with Crippen molar-refractivity contribution in [3.05, 3.63) is 29.9 Å². The van der Waals surface area contributed by atoms with Crippen LogP contribution in [0.5, 0.6) is 0 Å². The maximum absolute atomic E-state index is 5.32. The van der Waals surface area contributed by atoms with Gasteiger partial charge in [-0.3, -0.25) is 0 Å². The highest BCUT2D eigenvalue weighted by atomic mass is 16.5. The fourth-order valence-electron chi connectivity index (χ4n) is 1.95. The number of allylic oxidation sites excluding steroid dienone is 2. The molecule has 0 bridgehead atoms. The average molecular weight is 163 g/mol. The predicted octanol–water partition coefficient (Wildman–Crippen LogP) is 2.85. The van der Waals surface area contributed by atoms with Gasteiger partial charge in [0.05, 0.1) is 6.26 Å². The predicted molar refractivity (Wildman–Crippen MR) is 49.4 cm³/mol. The third kappa shape index (κ3) is 1.17. The fraction of sp³-hybridized carbons (Fsp3) is 0.545. The van der Waals surface area contributed by atoms with Crippen molar-refractivity contribution in [3.63, 3.8) is 0 Å². The highest BCUT2D eigenvalue weighted by Gasteiger charge is 2.30. The molecule has 0 amide bonds. The molecule has 1 nitrogen and oxygen atoms in total. The first kappa shape index (κ1) is 7.90. The lowest BCUT2D eigenvalue weighted by molar-refractivity contribution is 0.231. The number of ether oxygens (including phenoxy) is 1. The van der Waals surface area contributed by atoms with E-state index < -0.39 is 0 Å². The van der Waals surface area contributed by atoms with Gasteiger partial charge in [-0.25, -0.2) is 0 Å². The van der Waals surface area contributed by atoms with Crippen molar-refractivity contribution in [1.29, 1.82) is 0 Å². The smallest absolute Gasteiger partial charge is 0.110 e. The first-order valence-electron chi connectivity index (χ1n) is 4.55. The summed E-state index contributed by atoms with van der Waals surface area (Å²) in [4.78, 5) is 0. The zero-order chi connectivity index (χ0) is 8.60. The molecule has 12 heavy (non-hydrogen) atoms. The lowest BCUT2D eigenvalue weighted by Crippen LogP contribution is -2.25. The molecule has 0 atom stereocenters. The summed E-state index contributed by atoms with van der Waals surface area (Å²) in [7, 11) is 0. The molecule has 1 aliphatic heterocycles. The Balaban J connectivity index is 2.37. The summed E-state index contributed by atoms with van der Waals surface area (Å²) in [5.41, 5.74) is 3.21. The summed E-state index contributed by atoms with van der Waals surface area (Å²) in [6, 6.07) is 0. The lowest BCUT2D eigenvalue weighted by Gasteiger charge is -2.35. The molecule has 1 heterocycles. The second-order valence-electron chi connectivity index (χ2n) is 4.17. The van der Waals surface area contributed by atoms with Gasteiger partial charge < -0.3 is 4.74 Å². The van der Waals surface area contributed by atoms with Crippen LogP contribution in [0.2, 0.25) is 0 Å². The van der Waals surface area contributed by atoms with Crippen molar-refractivity contribution >= 4 is 0 Å². The molecule has 1 aliphatic carbocycles. The van der Waals surface area contributed by atoms with Crippen molar-refractivity contribution in [3.8, 4) is 0 Å².